The molecule has 0 bridgehead atoms. The zero-order chi connectivity index (χ0) is 23.7. The normalized spacial score (nSPS) is 57.7. The van der Waals surface area contributed by atoms with Crippen LogP contribution in [-0.2, 0) is 38.1 Å². The molecule has 4 unspecified atom stereocenters. The maximum atomic E-state index is 13.4. The van der Waals surface area contributed by atoms with E-state index in [0.717, 1.165) is 6.08 Å². The van der Waals surface area contributed by atoms with Crippen molar-refractivity contribution in [3.63, 3.8) is 0 Å². The van der Waals surface area contributed by atoms with E-state index in [1.54, 1.807) is 6.92 Å². The molecule has 33 heavy (non-hydrogen) atoms. The van der Waals surface area contributed by atoms with Gasteiger partial charge in [0, 0.05) is 12.0 Å². The summed E-state index contributed by atoms with van der Waals surface area (Å²) in [6, 6.07) is 0. The summed E-state index contributed by atoms with van der Waals surface area (Å²) in [4.78, 5) is 37.2. The van der Waals surface area contributed by atoms with Gasteiger partial charge in [-0.15, -0.1) is 0 Å². The van der Waals surface area contributed by atoms with E-state index in [9.17, 15) is 29.7 Å². The molecular weight excluding hydrogens is 444 g/mol. The van der Waals surface area contributed by atoms with Crippen molar-refractivity contribution in [1.29, 1.82) is 0 Å². The van der Waals surface area contributed by atoms with E-state index >= 15 is 0 Å². The number of carboxylic acid groups (broad SMARTS) is 1. The number of hydrogen-bond donors (Lipinski definition) is 4. The molecule has 0 radical (unpaired) electrons. The third-order valence-corrected chi connectivity index (χ3v) is 9.05. The molecule has 2 aliphatic carbocycles. The van der Waals surface area contributed by atoms with Gasteiger partial charge in [-0.25, -0.2) is 14.4 Å². The van der Waals surface area contributed by atoms with Crippen molar-refractivity contribution in [3.05, 3.63) is 12.2 Å². The highest BCUT2D eigenvalue weighted by Gasteiger charge is 3.02. The lowest BCUT2D eigenvalue weighted by molar-refractivity contribution is -0.238. The van der Waals surface area contributed by atoms with E-state index in [1.165, 1.54) is 13.0 Å². The molecule has 180 valence electrons. The van der Waals surface area contributed by atoms with E-state index in [2.05, 4.69) is 0 Å². The monoisotopic (exact) mass is 468 g/mol. The summed E-state index contributed by atoms with van der Waals surface area (Å²) in [5.74, 6) is -4.37. The van der Waals surface area contributed by atoms with E-state index in [0.29, 0.717) is 0 Å². The molecule has 12 atom stereocenters. The second-order valence-corrected chi connectivity index (χ2v) is 9.86. The van der Waals surface area contributed by atoms with E-state index in [-0.39, 0.29) is 13.0 Å². The number of ether oxygens (including phenoxy) is 5. The summed E-state index contributed by atoms with van der Waals surface area (Å²) in [5.41, 5.74) is -7.44. The number of aliphatic carboxylic acids is 1. The zero-order valence-electron chi connectivity index (χ0n) is 17.7. The third kappa shape index (κ3) is 1.83. The number of esters is 2. The van der Waals surface area contributed by atoms with Gasteiger partial charge in [0.2, 0.25) is 11.9 Å². The Morgan fingerprint density at radius 1 is 1.24 bits per heavy atom. The molecule has 0 aromatic rings. The van der Waals surface area contributed by atoms with Gasteiger partial charge in [0.1, 0.15) is 17.8 Å². The Kier molecular flexibility index (Phi) is 3.98. The molecule has 2 saturated carbocycles. The van der Waals surface area contributed by atoms with Crippen LogP contribution in [0.5, 0.6) is 0 Å². The van der Waals surface area contributed by atoms with Crippen molar-refractivity contribution in [1.82, 2.24) is 0 Å². The van der Waals surface area contributed by atoms with Crippen LogP contribution in [0.4, 0.5) is 0 Å². The number of carbonyl (C=O) groups is 3. The fourth-order valence-electron chi connectivity index (χ4n) is 8.03. The Morgan fingerprint density at radius 2 is 1.97 bits per heavy atom. The van der Waals surface area contributed by atoms with E-state index in [1.807, 2.05) is 0 Å². The van der Waals surface area contributed by atoms with Crippen molar-refractivity contribution in [2.45, 2.75) is 68.5 Å². The molecule has 12 heteroatoms. The molecule has 6 fully saturated rings. The van der Waals surface area contributed by atoms with Gasteiger partial charge in [-0.05, 0) is 12.3 Å². The predicted octanol–water partition coefficient (Wildman–Crippen LogP) is -1.94. The van der Waals surface area contributed by atoms with Crippen LogP contribution in [0.3, 0.4) is 0 Å². The van der Waals surface area contributed by atoms with Crippen LogP contribution in [0.15, 0.2) is 12.2 Å². The van der Waals surface area contributed by atoms with Crippen molar-refractivity contribution in [2.75, 3.05) is 6.61 Å². The van der Waals surface area contributed by atoms with Crippen molar-refractivity contribution in [2.24, 2.45) is 22.7 Å². The van der Waals surface area contributed by atoms with Crippen LogP contribution in [0.2, 0.25) is 0 Å². The van der Waals surface area contributed by atoms with Crippen LogP contribution in [0.25, 0.3) is 0 Å². The molecule has 6 rings (SSSR count). The van der Waals surface area contributed by atoms with Gasteiger partial charge in [-0.1, -0.05) is 19.9 Å². The molecule has 4 aliphatic heterocycles. The maximum Gasteiger partial charge on any atom is 0.342 e. The highest BCUT2D eigenvalue weighted by molar-refractivity contribution is 5.91. The molecule has 6 aliphatic rings. The van der Waals surface area contributed by atoms with E-state index in [4.69, 9.17) is 28.8 Å². The van der Waals surface area contributed by atoms with Gasteiger partial charge in [-0.2, -0.15) is 0 Å². The molecular formula is C21H24O12. The fraction of sp³-hybridized carbons (Fsp3) is 0.762. The minimum absolute atomic E-state index is 0.242. The summed E-state index contributed by atoms with van der Waals surface area (Å²) < 4.78 is 28.7. The molecule has 4 N–H and O–H groups in total. The summed E-state index contributed by atoms with van der Waals surface area (Å²) in [6.07, 6.45) is -5.71. The van der Waals surface area contributed by atoms with Gasteiger partial charge >= 0.3 is 17.9 Å². The highest BCUT2D eigenvalue weighted by atomic mass is 16.8. The van der Waals surface area contributed by atoms with Crippen LogP contribution in [0.1, 0.15) is 20.3 Å². The van der Waals surface area contributed by atoms with Crippen molar-refractivity contribution >= 4 is 17.9 Å². The lowest BCUT2D eigenvalue weighted by Crippen LogP contribution is -2.67. The topological polar surface area (TPSA) is 178 Å². The summed E-state index contributed by atoms with van der Waals surface area (Å²) in [5, 5.41) is 42.8. The number of hydrogen-bond acceptors (Lipinski definition) is 11. The maximum absolute atomic E-state index is 13.4. The van der Waals surface area contributed by atoms with Gasteiger partial charge < -0.3 is 44.1 Å². The second kappa shape index (κ2) is 6.12. The minimum Gasteiger partial charge on any atom is -0.478 e. The minimum atomic E-state index is -2.17. The molecule has 4 heterocycles. The highest BCUT2D eigenvalue weighted by Crippen LogP contribution is 2.83. The Morgan fingerprint density at radius 3 is 2.67 bits per heavy atom. The van der Waals surface area contributed by atoms with Gasteiger partial charge in [0.25, 0.3) is 0 Å². The molecule has 0 aromatic heterocycles. The number of rotatable bonds is 4. The lowest BCUT2D eigenvalue weighted by atomic mass is 9.53. The molecule has 0 amide bonds. The second-order valence-electron chi connectivity index (χ2n) is 9.86. The van der Waals surface area contributed by atoms with Gasteiger partial charge in [0.05, 0.1) is 23.5 Å². The number of carboxylic acids is 1. The average Bonchev–Trinajstić information content (AvgIpc) is 3.44. The molecule has 4 saturated heterocycles. The zero-order valence-corrected chi connectivity index (χ0v) is 17.7. The Balaban J connectivity index is 1.55. The van der Waals surface area contributed by atoms with Crippen molar-refractivity contribution < 1.29 is 58.5 Å². The molecule has 0 aromatic carbocycles. The first kappa shape index (κ1) is 21.4. The average molecular weight is 468 g/mol. The summed E-state index contributed by atoms with van der Waals surface area (Å²) in [7, 11) is 0. The Labute approximate surface area is 187 Å². The van der Waals surface area contributed by atoms with Crippen LogP contribution < -0.4 is 0 Å². The number of aliphatic hydroxyl groups is 3. The Bertz CT molecular complexity index is 996. The van der Waals surface area contributed by atoms with E-state index < -0.39 is 88.8 Å². The van der Waals surface area contributed by atoms with Crippen LogP contribution in [-0.4, -0.2) is 93.1 Å². The van der Waals surface area contributed by atoms with Gasteiger partial charge in [-0.3, -0.25) is 0 Å². The molecule has 12 nitrogen and oxygen atoms in total. The quantitative estimate of drug-likeness (QED) is 0.265. The van der Waals surface area contributed by atoms with Crippen LogP contribution in [0, 0.1) is 22.7 Å². The number of carbonyl (C=O) groups excluding carboxylic acids is 2. The first-order chi connectivity index (χ1) is 15.5. The predicted molar refractivity (Wildman–Crippen MR) is 99.7 cm³/mol. The third-order valence-electron chi connectivity index (χ3n) is 9.05. The SMILES string of the molecule is CC1C(O)O[C@H]2[C@H](O)[C@@]34C5C[C@@H](C)C36[C@@H](OC(=O)[C@@H]6OC/C=C/C(=O)O)O[C@@]4(C(=O)O5)[C@@]12O. The fourth-order valence-corrected chi connectivity index (χ4v) is 8.03. The first-order valence-electron chi connectivity index (χ1n) is 10.9. The largest absolute Gasteiger partial charge is 0.478 e. The smallest absolute Gasteiger partial charge is 0.342 e. The number of aliphatic hydroxyl groups excluding tert-OH is 2. The van der Waals surface area contributed by atoms with Gasteiger partial charge in [0.15, 0.2) is 12.4 Å². The van der Waals surface area contributed by atoms with Crippen molar-refractivity contribution in [3.8, 4) is 0 Å². The summed E-state index contributed by atoms with van der Waals surface area (Å²) in [6.45, 7) is 3.01. The van der Waals surface area contributed by atoms with Crippen LogP contribution >= 0.6 is 0 Å². The molecule has 2 spiro atoms. The Hall–Kier alpha value is -2.09. The lowest BCUT2D eigenvalue weighted by Gasteiger charge is -2.45. The first-order valence-corrected chi connectivity index (χ1v) is 10.9. The number of fused-ring (bicyclic) bond motifs is 1. The summed E-state index contributed by atoms with van der Waals surface area (Å²) >= 11 is 0. The standard InChI is InChI=1S/C21H24O12/c1-7-6-9-19-11(24)12-20(28,8(2)14(25)31-12)21(19,16(27)30-9)33-17-18(7,19)13(15(26)32-17)29-5-3-4-10(22)23/h3-4,7-9,11-14,17,24-25,28H,5-6H2,1-2H3,(H,22,23)/b4-3+/t7-,8?,9?,11+,12+,13+,14?,17+,18?,19+,20-,21-/m1/s1.